The van der Waals surface area contributed by atoms with Crippen LogP contribution in [0.25, 0.3) is 0 Å². The molecule has 0 spiro atoms. The smallest absolute Gasteiger partial charge is 0.211 e. The zero-order chi connectivity index (χ0) is 13.2. The Morgan fingerprint density at radius 3 is 2.67 bits per heavy atom. The Hall–Kier alpha value is -0.100. The Bertz CT molecular complexity index is 521. The van der Waals surface area contributed by atoms with Crippen molar-refractivity contribution in [2.45, 2.75) is 29.5 Å². The minimum atomic E-state index is -3.44. The van der Waals surface area contributed by atoms with Gasteiger partial charge in [-0.3, -0.25) is 0 Å². The summed E-state index contributed by atoms with van der Waals surface area (Å²) in [6.07, 6.45) is 2.86. The van der Waals surface area contributed by atoms with Crippen LogP contribution in [0.1, 0.15) is 19.3 Å². The van der Waals surface area contributed by atoms with E-state index in [1.807, 2.05) is 0 Å². The average Bonchev–Trinajstić information content (AvgIpc) is 2.73. The predicted octanol–water partition coefficient (Wildman–Crippen LogP) is 3.13. The van der Waals surface area contributed by atoms with E-state index in [1.165, 1.54) is 0 Å². The van der Waals surface area contributed by atoms with Crippen LogP contribution in [0, 0.1) is 5.92 Å². The van der Waals surface area contributed by atoms with Crippen molar-refractivity contribution < 1.29 is 8.42 Å². The minimum absolute atomic E-state index is 0.197. The van der Waals surface area contributed by atoms with Crippen LogP contribution < -0.4 is 4.72 Å². The van der Waals surface area contributed by atoms with E-state index in [1.54, 1.807) is 24.3 Å². The van der Waals surface area contributed by atoms with Crippen LogP contribution in [-0.2, 0) is 10.0 Å². The van der Waals surface area contributed by atoms with Crippen LogP contribution in [0.3, 0.4) is 0 Å². The summed E-state index contributed by atoms with van der Waals surface area (Å²) in [6, 6.07) is 6.81. The van der Waals surface area contributed by atoms with Crippen LogP contribution in [0.4, 0.5) is 0 Å². The molecule has 100 valence electrons. The lowest BCUT2D eigenvalue weighted by atomic mass is 10.1. The first-order valence-corrected chi connectivity index (χ1v) is 8.58. The summed E-state index contributed by atoms with van der Waals surface area (Å²) in [5.41, 5.74) is 0. The number of alkyl halides is 1. The standard InChI is InChI=1S/C12H15BrClNO2S/c13-11-3-1-2-4-12(11)18(16,17)15-8-9-5-6-10(14)7-9/h1-4,9-10,15H,5-8H2. The van der Waals surface area contributed by atoms with Gasteiger partial charge in [0.15, 0.2) is 0 Å². The number of sulfonamides is 1. The van der Waals surface area contributed by atoms with Gasteiger partial charge in [-0.2, -0.15) is 0 Å². The van der Waals surface area contributed by atoms with Gasteiger partial charge in [-0.1, -0.05) is 12.1 Å². The van der Waals surface area contributed by atoms with E-state index in [0.29, 0.717) is 16.9 Å². The Morgan fingerprint density at radius 2 is 2.06 bits per heavy atom. The van der Waals surface area contributed by atoms with Gasteiger partial charge in [0.25, 0.3) is 0 Å². The molecule has 2 unspecified atom stereocenters. The number of rotatable bonds is 4. The molecule has 1 fully saturated rings. The minimum Gasteiger partial charge on any atom is -0.211 e. The van der Waals surface area contributed by atoms with Crippen molar-refractivity contribution in [3.8, 4) is 0 Å². The molecule has 6 heteroatoms. The number of nitrogens with one attached hydrogen (secondary N) is 1. The SMILES string of the molecule is O=S(=O)(NCC1CCC(Cl)C1)c1ccccc1Br. The summed E-state index contributed by atoms with van der Waals surface area (Å²) in [5.74, 6) is 0.352. The van der Waals surface area contributed by atoms with Crippen LogP contribution in [0.15, 0.2) is 33.6 Å². The zero-order valence-corrected chi connectivity index (χ0v) is 12.9. The third kappa shape index (κ3) is 3.47. The molecule has 0 aromatic heterocycles. The fourth-order valence-corrected chi connectivity index (χ4v) is 4.66. The topological polar surface area (TPSA) is 46.2 Å². The third-order valence-electron chi connectivity index (χ3n) is 3.17. The summed E-state index contributed by atoms with van der Waals surface area (Å²) in [4.78, 5) is 0.283. The van der Waals surface area contributed by atoms with Crippen LogP contribution in [0.5, 0.6) is 0 Å². The summed E-state index contributed by atoms with van der Waals surface area (Å²) in [7, 11) is -3.44. The van der Waals surface area contributed by atoms with E-state index in [9.17, 15) is 8.42 Å². The van der Waals surface area contributed by atoms with E-state index in [2.05, 4.69) is 20.7 Å². The first-order valence-electron chi connectivity index (χ1n) is 5.87. The van der Waals surface area contributed by atoms with Crippen molar-refractivity contribution in [3.63, 3.8) is 0 Å². The van der Waals surface area contributed by atoms with Crippen molar-refractivity contribution in [1.29, 1.82) is 0 Å². The van der Waals surface area contributed by atoms with E-state index in [4.69, 9.17) is 11.6 Å². The molecule has 2 rings (SSSR count). The zero-order valence-electron chi connectivity index (χ0n) is 9.77. The summed E-state index contributed by atoms with van der Waals surface area (Å²) >= 11 is 9.27. The quantitative estimate of drug-likeness (QED) is 0.846. The maximum atomic E-state index is 12.1. The molecule has 0 bridgehead atoms. The lowest BCUT2D eigenvalue weighted by Gasteiger charge is -2.12. The molecular weight excluding hydrogens is 338 g/mol. The van der Waals surface area contributed by atoms with E-state index in [0.717, 1.165) is 19.3 Å². The van der Waals surface area contributed by atoms with Crippen LogP contribution in [0.2, 0.25) is 0 Å². The van der Waals surface area contributed by atoms with E-state index in [-0.39, 0.29) is 10.3 Å². The molecular formula is C12H15BrClNO2S. The molecule has 2 atom stereocenters. The summed E-state index contributed by atoms with van der Waals surface area (Å²) < 4.78 is 27.5. The Labute approximate surface area is 121 Å². The van der Waals surface area contributed by atoms with E-state index >= 15 is 0 Å². The average molecular weight is 353 g/mol. The summed E-state index contributed by atoms with van der Waals surface area (Å²) in [5, 5.41) is 0.197. The molecule has 1 aliphatic carbocycles. The molecule has 1 saturated carbocycles. The Kier molecular flexibility index (Phi) is 4.69. The maximum Gasteiger partial charge on any atom is 0.241 e. The van der Waals surface area contributed by atoms with Gasteiger partial charge in [0.05, 0.1) is 4.90 Å². The van der Waals surface area contributed by atoms with Crippen molar-refractivity contribution in [1.82, 2.24) is 4.72 Å². The first-order chi connectivity index (χ1) is 8.49. The normalized spacial score (nSPS) is 24.3. The molecule has 3 nitrogen and oxygen atoms in total. The maximum absolute atomic E-state index is 12.1. The molecule has 0 aliphatic heterocycles. The fraction of sp³-hybridized carbons (Fsp3) is 0.500. The molecule has 18 heavy (non-hydrogen) atoms. The van der Waals surface area contributed by atoms with Gasteiger partial charge in [0, 0.05) is 16.4 Å². The Balaban J connectivity index is 2.02. The highest BCUT2D eigenvalue weighted by Gasteiger charge is 2.25. The second kappa shape index (κ2) is 5.90. The molecule has 0 amide bonds. The lowest BCUT2D eigenvalue weighted by Crippen LogP contribution is -2.28. The van der Waals surface area contributed by atoms with Crippen molar-refractivity contribution in [2.24, 2.45) is 5.92 Å². The molecule has 1 N–H and O–H groups in total. The molecule has 1 aliphatic rings. The molecule has 0 heterocycles. The lowest BCUT2D eigenvalue weighted by molar-refractivity contribution is 0.520. The Morgan fingerprint density at radius 1 is 1.33 bits per heavy atom. The largest absolute Gasteiger partial charge is 0.241 e. The van der Waals surface area contributed by atoms with Crippen LogP contribution in [-0.4, -0.2) is 20.3 Å². The van der Waals surface area contributed by atoms with Gasteiger partial charge in [-0.05, 0) is 53.2 Å². The van der Waals surface area contributed by atoms with Crippen molar-refractivity contribution in [3.05, 3.63) is 28.7 Å². The highest BCUT2D eigenvalue weighted by atomic mass is 79.9. The van der Waals surface area contributed by atoms with Crippen molar-refractivity contribution in [2.75, 3.05) is 6.54 Å². The number of halogens is 2. The predicted molar refractivity (Wildman–Crippen MR) is 76.3 cm³/mol. The van der Waals surface area contributed by atoms with Crippen LogP contribution >= 0.6 is 27.5 Å². The third-order valence-corrected chi connectivity index (χ3v) is 6.00. The second-order valence-corrected chi connectivity index (χ2v) is 7.77. The van der Waals surface area contributed by atoms with Crippen molar-refractivity contribution >= 4 is 37.6 Å². The van der Waals surface area contributed by atoms with Gasteiger partial charge in [-0.25, -0.2) is 13.1 Å². The van der Waals surface area contributed by atoms with Gasteiger partial charge in [0.2, 0.25) is 10.0 Å². The molecule has 0 saturated heterocycles. The summed E-state index contributed by atoms with van der Waals surface area (Å²) in [6.45, 7) is 0.465. The molecule has 0 radical (unpaired) electrons. The molecule has 1 aromatic rings. The highest BCUT2D eigenvalue weighted by molar-refractivity contribution is 9.10. The first kappa shape index (κ1) is 14.3. The number of hydrogen-bond donors (Lipinski definition) is 1. The van der Waals surface area contributed by atoms with Gasteiger partial charge in [0.1, 0.15) is 0 Å². The van der Waals surface area contributed by atoms with Gasteiger partial charge < -0.3 is 0 Å². The monoisotopic (exact) mass is 351 g/mol. The molecule has 1 aromatic carbocycles. The van der Waals surface area contributed by atoms with Gasteiger partial charge in [-0.15, -0.1) is 11.6 Å². The van der Waals surface area contributed by atoms with E-state index < -0.39 is 10.0 Å². The number of hydrogen-bond acceptors (Lipinski definition) is 2. The fourth-order valence-electron chi connectivity index (χ4n) is 2.17. The highest BCUT2D eigenvalue weighted by Crippen LogP contribution is 2.29. The number of benzene rings is 1. The van der Waals surface area contributed by atoms with Gasteiger partial charge >= 0.3 is 0 Å². The second-order valence-electron chi connectivity index (χ2n) is 4.56.